The van der Waals surface area contributed by atoms with Gasteiger partial charge in [0.25, 0.3) is 5.56 Å². The number of aromatic amines is 1. The number of hydrogen-bond donors (Lipinski definition) is 1. The van der Waals surface area contributed by atoms with Crippen LogP contribution in [0, 0.1) is 6.92 Å². The molecule has 23 heavy (non-hydrogen) atoms. The van der Waals surface area contributed by atoms with Crippen molar-refractivity contribution in [1.82, 2.24) is 9.78 Å². The van der Waals surface area contributed by atoms with Gasteiger partial charge in [-0.15, -0.1) is 0 Å². The molecule has 0 bridgehead atoms. The minimum atomic E-state index is -0.0966. The Bertz CT molecular complexity index is 727. The van der Waals surface area contributed by atoms with Crippen LogP contribution in [0.2, 0.25) is 0 Å². The van der Waals surface area contributed by atoms with Gasteiger partial charge in [0.2, 0.25) is 0 Å². The van der Waals surface area contributed by atoms with Crippen LogP contribution in [0.15, 0.2) is 34.1 Å². The van der Waals surface area contributed by atoms with E-state index in [4.69, 9.17) is 9.47 Å². The number of methoxy groups -OCH3 is 2. The van der Waals surface area contributed by atoms with Gasteiger partial charge in [-0.05, 0) is 44.5 Å². The Kier molecular flexibility index (Phi) is 5.76. The van der Waals surface area contributed by atoms with Gasteiger partial charge in [-0.25, -0.2) is 4.68 Å². The van der Waals surface area contributed by atoms with E-state index < -0.39 is 0 Å². The number of H-pyrrole nitrogens is 1. The van der Waals surface area contributed by atoms with E-state index in [0.717, 1.165) is 29.3 Å². The predicted octanol–water partition coefficient (Wildman–Crippen LogP) is 2.33. The first-order chi connectivity index (χ1) is 11.1. The second-order valence-corrected chi connectivity index (χ2v) is 5.26. The lowest BCUT2D eigenvalue weighted by molar-refractivity contribution is 0.197. The Balaban J connectivity index is 2.29. The van der Waals surface area contributed by atoms with Crippen molar-refractivity contribution in [3.63, 3.8) is 0 Å². The highest BCUT2D eigenvalue weighted by Crippen LogP contribution is 2.14. The number of nitrogens with one attached hydrogen (secondary N) is 1. The van der Waals surface area contributed by atoms with Crippen molar-refractivity contribution in [2.24, 2.45) is 4.99 Å². The zero-order chi connectivity index (χ0) is 16.8. The first-order valence-electron chi connectivity index (χ1n) is 7.55. The van der Waals surface area contributed by atoms with E-state index in [2.05, 4.69) is 10.1 Å². The highest BCUT2D eigenvalue weighted by atomic mass is 16.5. The largest absolute Gasteiger partial charge is 0.497 e. The molecule has 0 spiro atoms. The summed E-state index contributed by atoms with van der Waals surface area (Å²) in [6.45, 7) is 5.05. The average Bonchev–Trinajstić information content (AvgIpc) is 2.86. The molecule has 1 aromatic heterocycles. The van der Waals surface area contributed by atoms with Gasteiger partial charge in [0.05, 0.1) is 18.4 Å². The molecule has 124 valence electrons. The van der Waals surface area contributed by atoms with E-state index in [0.29, 0.717) is 18.7 Å². The Labute approximate surface area is 135 Å². The molecule has 6 heteroatoms. The standard InChI is InChI=1S/C17H23N3O3/c1-12(18-10-5-11-22-3)16-13(2)19-20(17(16)21)14-6-8-15(23-4)9-7-14/h6-9,19H,5,10-11H2,1-4H3. The molecule has 1 aromatic carbocycles. The molecule has 0 saturated carbocycles. The third kappa shape index (κ3) is 3.90. The number of rotatable bonds is 7. The average molecular weight is 317 g/mol. The molecule has 0 aliphatic rings. The molecule has 0 saturated heterocycles. The highest BCUT2D eigenvalue weighted by Gasteiger charge is 2.14. The van der Waals surface area contributed by atoms with Gasteiger partial charge in [0.15, 0.2) is 0 Å². The normalized spacial score (nSPS) is 11.7. The van der Waals surface area contributed by atoms with Crippen molar-refractivity contribution in [2.45, 2.75) is 20.3 Å². The molecule has 6 nitrogen and oxygen atoms in total. The van der Waals surface area contributed by atoms with Crippen LogP contribution in [0.3, 0.4) is 0 Å². The van der Waals surface area contributed by atoms with E-state index in [-0.39, 0.29) is 5.56 Å². The monoisotopic (exact) mass is 317 g/mol. The molecule has 0 amide bonds. The van der Waals surface area contributed by atoms with Crippen molar-refractivity contribution < 1.29 is 9.47 Å². The van der Waals surface area contributed by atoms with Crippen LogP contribution in [0.5, 0.6) is 5.75 Å². The molecule has 2 rings (SSSR count). The van der Waals surface area contributed by atoms with E-state index >= 15 is 0 Å². The van der Waals surface area contributed by atoms with Crippen LogP contribution in [-0.4, -0.2) is 42.9 Å². The SMILES string of the molecule is COCCCN=C(C)c1c(C)[nH]n(-c2ccc(OC)cc2)c1=O. The first kappa shape index (κ1) is 17.0. The lowest BCUT2D eigenvalue weighted by Crippen LogP contribution is -2.19. The third-order valence-electron chi connectivity index (χ3n) is 3.62. The van der Waals surface area contributed by atoms with Crippen LogP contribution in [0.1, 0.15) is 24.6 Å². The molecule has 1 heterocycles. The maximum absolute atomic E-state index is 12.7. The fraction of sp³-hybridized carbons (Fsp3) is 0.412. The second-order valence-electron chi connectivity index (χ2n) is 5.26. The van der Waals surface area contributed by atoms with E-state index in [1.54, 1.807) is 14.2 Å². The summed E-state index contributed by atoms with van der Waals surface area (Å²) in [5, 5.41) is 3.11. The maximum Gasteiger partial charge on any atom is 0.280 e. The lowest BCUT2D eigenvalue weighted by atomic mass is 10.2. The molecule has 2 aromatic rings. The molecular formula is C17H23N3O3. The van der Waals surface area contributed by atoms with Gasteiger partial charge in [-0.1, -0.05) is 0 Å². The van der Waals surface area contributed by atoms with Crippen molar-refractivity contribution >= 4 is 5.71 Å². The Hall–Kier alpha value is -2.34. The number of ether oxygens (including phenoxy) is 2. The van der Waals surface area contributed by atoms with E-state index in [1.165, 1.54) is 4.68 Å². The lowest BCUT2D eigenvalue weighted by Gasteiger charge is -2.03. The second kappa shape index (κ2) is 7.78. The zero-order valence-corrected chi connectivity index (χ0v) is 14.0. The van der Waals surface area contributed by atoms with E-state index in [1.807, 2.05) is 38.1 Å². The summed E-state index contributed by atoms with van der Waals surface area (Å²) < 4.78 is 11.7. The zero-order valence-electron chi connectivity index (χ0n) is 14.0. The summed E-state index contributed by atoms with van der Waals surface area (Å²) in [7, 11) is 3.28. The Morgan fingerprint density at radius 2 is 1.96 bits per heavy atom. The molecule has 0 aliphatic carbocycles. The molecule has 0 atom stereocenters. The van der Waals surface area contributed by atoms with E-state index in [9.17, 15) is 4.79 Å². The van der Waals surface area contributed by atoms with Gasteiger partial charge in [0, 0.05) is 31.7 Å². The minimum Gasteiger partial charge on any atom is -0.497 e. The topological polar surface area (TPSA) is 68.6 Å². The van der Waals surface area contributed by atoms with Crippen LogP contribution < -0.4 is 10.3 Å². The molecule has 1 N–H and O–H groups in total. The Morgan fingerprint density at radius 1 is 1.26 bits per heavy atom. The summed E-state index contributed by atoms with van der Waals surface area (Å²) in [6.07, 6.45) is 0.837. The number of benzene rings is 1. The number of nitrogens with zero attached hydrogens (tertiary/aromatic N) is 2. The smallest absolute Gasteiger partial charge is 0.280 e. The van der Waals surface area contributed by atoms with Crippen molar-refractivity contribution in [1.29, 1.82) is 0 Å². The van der Waals surface area contributed by atoms with Crippen molar-refractivity contribution in [3.05, 3.63) is 45.9 Å². The number of hydrogen-bond acceptors (Lipinski definition) is 4. The first-order valence-corrected chi connectivity index (χ1v) is 7.55. The molecule has 0 fully saturated rings. The summed E-state index contributed by atoms with van der Waals surface area (Å²) in [5.74, 6) is 0.751. The quantitative estimate of drug-likeness (QED) is 0.629. The Morgan fingerprint density at radius 3 is 2.57 bits per heavy atom. The summed E-state index contributed by atoms with van der Waals surface area (Å²) in [4.78, 5) is 17.1. The van der Waals surface area contributed by atoms with Gasteiger partial charge in [0.1, 0.15) is 5.75 Å². The van der Waals surface area contributed by atoms with Gasteiger partial charge < -0.3 is 9.47 Å². The number of aryl methyl sites for hydroxylation is 1. The molecular weight excluding hydrogens is 294 g/mol. The fourth-order valence-electron chi connectivity index (χ4n) is 2.42. The van der Waals surface area contributed by atoms with Gasteiger partial charge in [-0.2, -0.15) is 0 Å². The minimum absolute atomic E-state index is 0.0966. The molecule has 0 unspecified atom stereocenters. The summed E-state index contributed by atoms with van der Waals surface area (Å²) in [5.41, 5.74) is 2.84. The summed E-state index contributed by atoms with van der Waals surface area (Å²) >= 11 is 0. The van der Waals surface area contributed by atoms with Crippen molar-refractivity contribution in [2.75, 3.05) is 27.4 Å². The van der Waals surface area contributed by atoms with Gasteiger partial charge >= 0.3 is 0 Å². The fourth-order valence-corrected chi connectivity index (χ4v) is 2.42. The van der Waals surface area contributed by atoms with Crippen LogP contribution in [0.4, 0.5) is 0 Å². The van der Waals surface area contributed by atoms with Crippen LogP contribution in [0.25, 0.3) is 5.69 Å². The van der Waals surface area contributed by atoms with Gasteiger partial charge in [-0.3, -0.25) is 14.9 Å². The highest BCUT2D eigenvalue weighted by molar-refractivity contribution is 5.99. The predicted molar refractivity (Wildman–Crippen MR) is 91.2 cm³/mol. The van der Waals surface area contributed by atoms with Crippen LogP contribution >= 0.6 is 0 Å². The van der Waals surface area contributed by atoms with Crippen molar-refractivity contribution in [3.8, 4) is 11.4 Å². The number of aromatic nitrogens is 2. The third-order valence-corrected chi connectivity index (χ3v) is 3.62. The molecule has 0 radical (unpaired) electrons. The number of aliphatic imine (C=N–C) groups is 1. The maximum atomic E-state index is 12.7. The molecule has 0 aliphatic heterocycles. The summed E-state index contributed by atoms with van der Waals surface area (Å²) in [6, 6.07) is 7.32. The van der Waals surface area contributed by atoms with Crippen LogP contribution in [-0.2, 0) is 4.74 Å².